The molecule has 0 saturated carbocycles. The van der Waals surface area contributed by atoms with E-state index in [1.165, 1.54) is 13.4 Å². The van der Waals surface area contributed by atoms with Crippen LogP contribution in [0.2, 0.25) is 5.02 Å². The third-order valence-electron chi connectivity index (χ3n) is 2.38. The molecule has 0 fully saturated rings. The predicted molar refractivity (Wildman–Crippen MR) is 67.1 cm³/mol. The normalized spacial score (nSPS) is 11.9. The van der Waals surface area contributed by atoms with Gasteiger partial charge >= 0.3 is 0 Å². The zero-order valence-corrected chi connectivity index (χ0v) is 11.4. The highest BCUT2D eigenvalue weighted by atomic mass is 35.5. The smallest absolute Gasteiger partial charge is 0.266 e. The van der Waals surface area contributed by atoms with Gasteiger partial charge in [-0.3, -0.25) is 9.89 Å². The molecule has 102 valence electrons. The first kappa shape index (κ1) is 13.7. The van der Waals surface area contributed by atoms with Crippen molar-refractivity contribution < 1.29 is 8.42 Å². The molecule has 2 rings (SSSR count). The Morgan fingerprint density at radius 2 is 2.21 bits per heavy atom. The van der Waals surface area contributed by atoms with E-state index in [9.17, 15) is 13.2 Å². The van der Waals surface area contributed by atoms with Crippen molar-refractivity contribution in [3.63, 3.8) is 0 Å². The first-order chi connectivity index (χ1) is 8.91. The van der Waals surface area contributed by atoms with Crippen LogP contribution in [0, 0.1) is 0 Å². The van der Waals surface area contributed by atoms with E-state index in [0.29, 0.717) is 5.82 Å². The van der Waals surface area contributed by atoms with Crippen LogP contribution in [0.15, 0.2) is 28.3 Å². The molecule has 0 aliphatic rings. The number of aromatic nitrogens is 4. The van der Waals surface area contributed by atoms with Crippen molar-refractivity contribution in [1.29, 1.82) is 0 Å². The van der Waals surface area contributed by atoms with Crippen molar-refractivity contribution in [2.45, 2.75) is 11.4 Å². The average Bonchev–Trinajstić information content (AvgIpc) is 2.85. The molecule has 2 heterocycles. The van der Waals surface area contributed by atoms with Gasteiger partial charge in [-0.15, -0.1) is 0 Å². The van der Waals surface area contributed by atoms with E-state index < -0.39 is 15.6 Å². The van der Waals surface area contributed by atoms with Crippen molar-refractivity contribution in [2.24, 2.45) is 0 Å². The van der Waals surface area contributed by atoms with Crippen LogP contribution in [-0.2, 0) is 16.6 Å². The molecule has 0 spiro atoms. The average molecular weight is 304 g/mol. The number of sulfonamides is 1. The number of nitrogens with zero attached hydrogens (tertiary/aromatic N) is 3. The molecule has 19 heavy (non-hydrogen) atoms. The summed E-state index contributed by atoms with van der Waals surface area (Å²) in [6, 6.07) is 1.10. The Balaban J connectivity index is 2.31. The molecule has 0 aliphatic carbocycles. The molecule has 0 aromatic carbocycles. The highest BCUT2D eigenvalue weighted by molar-refractivity contribution is 7.89. The first-order valence-electron chi connectivity index (χ1n) is 5.10. The van der Waals surface area contributed by atoms with Gasteiger partial charge in [-0.25, -0.2) is 13.4 Å². The van der Waals surface area contributed by atoms with Gasteiger partial charge in [-0.05, 0) is 6.07 Å². The predicted octanol–water partition coefficient (Wildman–Crippen LogP) is -0.0329. The van der Waals surface area contributed by atoms with E-state index in [-0.39, 0.29) is 16.5 Å². The molecular formula is C9H10ClN5O3S. The number of halogens is 1. The van der Waals surface area contributed by atoms with Crippen LogP contribution in [0.25, 0.3) is 0 Å². The maximum atomic E-state index is 12.2. The van der Waals surface area contributed by atoms with E-state index in [0.717, 1.165) is 16.6 Å². The summed E-state index contributed by atoms with van der Waals surface area (Å²) >= 11 is 5.61. The van der Waals surface area contributed by atoms with E-state index >= 15 is 0 Å². The molecule has 0 radical (unpaired) electrons. The van der Waals surface area contributed by atoms with Crippen LogP contribution in [0.4, 0.5) is 0 Å². The van der Waals surface area contributed by atoms with E-state index in [1.807, 2.05) is 0 Å². The van der Waals surface area contributed by atoms with Crippen LogP contribution >= 0.6 is 11.6 Å². The second kappa shape index (κ2) is 5.11. The largest absolute Gasteiger partial charge is 0.326 e. The van der Waals surface area contributed by atoms with Crippen LogP contribution in [0.3, 0.4) is 0 Å². The molecule has 0 atom stereocenters. The van der Waals surface area contributed by atoms with Crippen molar-refractivity contribution in [3.05, 3.63) is 39.8 Å². The van der Waals surface area contributed by atoms with Gasteiger partial charge in [0.05, 0.1) is 11.4 Å². The molecule has 0 saturated heterocycles. The van der Waals surface area contributed by atoms with Crippen molar-refractivity contribution in [2.75, 3.05) is 7.05 Å². The Labute approximate surface area is 113 Å². The third-order valence-corrected chi connectivity index (χ3v) is 4.44. The molecular weight excluding hydrogens is 294 g/mol. The molecule has 10 heteroatoms. The van der Waals surface area contributed by atoms with E-state index in [1.54, 1.807) is 0 Å². The third kappa shape index (κ3) is 2.83. The monoisotopic (exact) mass is 303 g/mol. The van der Waals surface area contributed by atoms with Crippen LogP contribution in [-0.4, -0.2) is 39.9 Å². The minimum Gasteiger partial charge on any atom is -0.326 e. The maximum Gasteiger partial charge on any atom is 0.266 e. The number of pyridine rings is 1. The summed E-state index contributed by atoms with van der Waals surface area (Å²) in [5, 5.41) is 6.00. The minimum atomic E-state index is -3.76. The topological polar surface area (TPSA) is 112 Å². The van der Waals surface area contributed by atoms with Gasteiger partial charge in [0.25, 0.3) is 5.56 Å². The van der Waals surface area contributed by atoms with Gasteiger partial charge in [0.1, 0.15) is 17.2 Å². The summed E-state index contributed by atoms with van der Waals surface area (Å²) in [6.07, 6.45) is 2.38. The Morgan fingerprint density at radius 1 is 1.47 bits per heavy atom. The summed E-state index contributed by atoms with van der Waals surface area (Å²) in [7, 11) is -2.38. The van der Waals surface area contributed by atoms with Gasteiger partial charge in [0, 0.05) is 13.2 Å². The highest BCUT2D eigenvalue weighted by Gasteiger charge is 2.22. The molecule has 2 N–H and O–H groups in total. The van der Waals surface area contributed by atoms with Gasteiger partial charge in [0.2, 0.25) is 10.0 Å². The second-order valence-corrected chi connectivity index (χ2v) is 6.16. The van der Waals surface area contributed by atoms with Gasteiger partial charge < -0.3 is 4.98 Å². The quantitative estimate of drug-likeness (QED) is 0.823. The summed E-state index contributed by atoms with van der Waals surface area (Å²) in [4.78, 5) is 17.1. The molecule has 2 aromatic heterocycles. The SMILES string of the molecule is CN(Cc1ncn[nH]1)S(=O)(=O)c1c[nH]c(=O)c(Cl)c1. The summed E-state index contributed by atoms with van der Waals surface area (Å²) in [5.41, 5.74) is -0.543. The fourth-order valence-electron chi connectivity index (χ4n) is 1.37. The number of hydrogen-bond acceptors (Lipinski definition) is 5. The minimum absolute atomic E-state index is 0.0269. The Bertz CT molecular complexity index is 725. The summed E-state index contributed by atoms with van der Waals surface area (Å²) in [6.45, 7) is 0.0269. The summed E-state index contributed by atoms with van der Waals surface area (Å²) in [5.74, 6) is 0.404. The van der Waals surface area contributed by atoms with Crippen LogP contribution in [0.5, 0.6) is 0 Å². The lowest BCUT2D eigenvalue weighted by atomic mass is 10.5. The van der Waals surface area contributed by atoms with Gasteiger partial charge in [-0.2, -0.15) is 9.40 Å². The lowest BCUT2D eigenvalue weighted by Gasteiger charge is -2.15. The standard InChI is InChI=1S/C9H10ClN5O3S/c1-15(4-8-12-5-13-14-8)19(17,18)6-2-7(10)9(16)11-3-6/h2-3,5H,4H2,1H3,(H,11,16)(H,12,13,14). The Hall–Kier alpha value is -1.71. The Morgan fingerprint density at radius 3 is 2.79 bits per heavy atom. The number of hydrogen-bond donors (Lipinski definition) is 2. The zero-order valence-electron chi connectivity index (χ0n) is 9.79. The van der Waals surface area contributed by atoms with Crippen LogP contribution < -0.4 is 5.56 Å². The number of nitrogens with one attached hydrogen (secondary N) is 2. The lowest BCUT2D eigenvalue weighted by molar-refractivity contribution is 0.457. The van der Waals surface area contributed by atoms with Gasteiger partial charge in [0.15, 0.2) is 0 Å². The molecule has 0 bridgehead atoms. The van der Waals surface area contributed by atoms with Crippen LogP contribution in [0.1, 0.15) is 5.82 Å². The molecule has 0 unspecified atom stereocenters. The highest BCUT2D eigenvalue weighted by Crippen LogP contribution is 2.16. The number of H-pyrrole nitrogens is 2. The molecule has 0 amide bonds. The van der Waals surface area contributed by atoms with Crippen molar-refractivity contribution in [3.8, 4) is 0 Å². The van der Waals surface area contributed by atoms with Crippen molar-refractivity contribution >= 4 is 21.6 Å². The maximum absolute atomic E-state index is 12.2. The number of rotatable bonds is 4. The van der Waals surface area contributed by atoms with E-state index in [4.69, 9.17) is 11.6 Å². The van der Waals surface area contributed by atoms with Gasteiger partial charge in [-0.1, -0.05) is 11.6 Å². The fraction of sp³-hybridized carbons (Fsp3) is 0.222. The summed E-state index contributed by atoms with van der Waals surface area (Å²) < 4.78 is 25.5. The zero-order chi connectivity index (χ0) is 14.0. The van der Waals surface area contributed by atoms with Crippen molar-refractivity contribution in [1.82, 2.24) is 24.5 Å². The Kier molecular flexibility index (Phi) is 3.69. The molecule has 8 nitrogen and oxygen atoms in total. The lowest BCUT2D eigenvalue weighted by Crippen LogP contribution is -2.27. The number of aromatic amines is 2. The molecule has 2 aromatic rings. The molecule has 0 aliphatic heterocycles. The first-order valence-corrected chi connectivity index (χ1v) is 6.92. The second-order valence-electron chi connectivity index (χ2n) is 3.71. The van der Waals surface area contributed by atoms with E-state index in [2.05, 4.69) is 20.2 Å². The fourth-order valence-corrected chi connectivity index (χ4v) is 2.73.